The topological polar surface area (TPSA) is 40.6 Å². The molecule has 1 aromatic rings. The van der Waals surface area contributed by atoms with E-state index in [-0.39, 0.29) is 0 Å². The molecule has 0 aromatic heterocycles. The van der Waals surface area contributed by atoms with Crippen molar-refractivity contribution in [1.29, 1.82) is 0 Å². The van der Waals surface area contributed by atoms with Crippen molar-refractivity contribution in [2.24, 2.45) is 0 Å². The Bertz CT molecular complexity index is 528. The maximum atomic E-state index is 12.0. The van der Waals surface area contributed by atoms with Gasteiger partial charge in [-0.3, -0.25) is 0 Å². The van der Waals surface area contributed by atoms with Gasteiger partial charge in [0.1, 0.15) is 0 Å². The van der Waals surface area contributed by atoms with E-state index in [2.05, 4.69) is 20.8 Å². The summed E-state index contributed by atoms with van der Waals surface area (Å²) >= 11 is 3.65. The Balaban J connectivity index is 2.19. The van der Waals surface area contributed by atoms with Crippen LogP contribution in [0.5, 0.6) is 0 Å². The Hall–Kier alpha value is -0.590. The molecule has 1 aliphatic heterocycles. The van der Waals surface area contributed by atoms with E-state index in [0.717, 1.165) is 25.2 Å². The minimum Gasteiger partial charge on any atom is -0.370 e. The predicted molar refractivity (Wildman–Crippen MR) is 81.5 cm³/mol. The second-order valence-electron chi connectivity index (χ2n) is 4.97. The lowest BCUT2D eigenvalue weighted by Gasteiger charge is -2.32. The van der Waals surface area contributed by atoms with Gasteiger partial charge in [-0.05, 0) is 37.1 Å². The number of halogens is 1. The summed E-state index contributed by atoms with van der Waals surface area (Å²) in [5.41, 5.74) is 1.09. The maximum absolute atomic E-state index is 12.0. The minimum atomic E-state index is -3.33. The van der Waals surface area contributed by atoms with Crippen molar-refractivity contribution < 1.29 is 8.42 Å². The molecule has 1 unspecified atom stereocenters. The fraction of sp³-hybridized carbons (Fsp3) is 0.538. The van der Waals surface area contributed by atoms with Crippen LogP contribution >= 0.6 is 15.9 Å². The van der Waals surface area contributed by atoms with Crippen LogP contribution in [0.1, 0.15) is 12.8 Å². The molecule has 1 atom stereocenters. The highest BCUT2D eigenvalue weighted by Gasteiger charge is 2.20. The molecule has 1 aliphatic rings. The molecule has 0 amide bonds. The fourth-order valence-electron chi connectivity index (χ4n) is 2.20. The number of hydrogen-bond acceptors (Lipinski definition) is 3. The number of sulfonamides is 1. The van der Waals surface area contributed by atoms with Gasteiger partial charge < -0.3 is 4.90 Å². The summed E-state index contributed by atoms with van der Waals surface area (Å²) in [6, 6.07) is 7.15. The largest absolute Gasteiger partial charge is 0.370 e. The summed E-state index contributed by atoms with van der Waals surface area (Å²) in [5, 5.41) is 0. The Morgan fingerprint density at radius 2 is 1.89 bits per heavy atom. The first-order valence-electron chi connectivity index (χ1n) is 6.33. The summed E-state index contributed by atoms with van der Waals surface area (Å²) in [5.74, 6) is 0. The molecule has 0 N–H and O–H groups in total. The lowest BCUT2D eigenvalue weighted by Crippen LogP contribution is -2.35. The third kappa shape index (κ3) is 3.30. The minimum absolute atomic E-state index is 0.341. The van der Waals surface area contributed by atoms with E-state index in [4.69, 9.17) is 0 Å². The average molecular weight is 347 g/mol. The molecule has 106 valence electrons. The molecule has 1 saturated heterocycles. The summed E-state index contributed by atoms with van der Waals surface area (Å²) in [6.07, 6.45) is 2.36. The molecular weight excluding hydrogens is 328 g/mol. The molecule has 6 heteroatoms. The van der Waals surface area contributed by atoms with Crippen LogP contribution in [-0.4, -0.2) is 44.7 Å². The fourth-order valence-corrected chi connectivity index (χ4v) is 3.77. The monoisotopic (exact) mass is 346 g/mol. The zero-order chi connectivity index (χ0) is 14.0. The van der Waals surface area contributed by atoms with Crippen LogP contribution in [-0.2, 0) is 10.0 Å². The lowest BCUT2D eigenvalue weighted by molar-refractivity contribution is 0.520. The van der Waals surface area contributed by atoms with Gasteiger partial charge >= 0.3 is 0 Å². The third-order valence-corrected chi connectivity index (χ3v) is 5.92. The van der Waals surface area contributed by atoms with Gasteiger partial charge in [0.25, 0.3) is 0 Å². The predicted octanol–water partition coefficient (Wildman–Crippen LogP) is 2.30. The van der Waals surface area contributed by atoms with Gasteiger partial charge in [-0.2, -0.15) is 0 Å². The van der Waals surface area contributed by atoms with Crippen molar-refractivity contribution in [3.8, 4) is 0 Å². The number of hydrogen-bond donors (Lipinski definition) is 0. The van der Waals surface area contributed by atoms with E-state index in [0.29, 0.717) is 9.72 Å². The number of rotatable bonds is 3. The summed E-state index contributed by atoms with van der Waals surface area (Å²) in [4.78, 5) is 3.15. The van der Waals surface area contributed by atoms with Gasteiger partial charge in [0, 0.05) is 37.7 Å². The lowest BCUT2D eigenvalue weighted by atomic mass is 10.1. The third-order valence-electron chi connectivity index (χ3n) is 3.34. The quantitative estimate of drug-likeness (QED) is 0.788. The molecule has 1 heterocycles. The van der Waals surface area contributed by atoms with E-state index in [1.807, 2.05) is 12.1 Å². The first-order valence-corrected chi connectivity index (χ1v) is 8.68. The molecule has 0 radical (unpaired) electrons. The summed E-state index contributed by atoms with van der Waals surface area (Å²) in [6.45, 7) is 2.00. The van der Waals surface area contributed by atoms with Gasteiger partial charge in [0.2, 0.25) is 10.0 Å². The van der Waals surface area contributed by atoms with E-state index in [9.17, 15) is 8.42 Å². The van der Waals surface area contributed by atoms with Gasteiger partial charge in [-0.25, -0.2) is 12.7 Å². The summed E-state index contributed by atoms with van der Waals surface area (Å²) < 4.78 is 25.2. The van der Waals surface area contributed by atoms with Crippen molar-refractivity contribution in [2.45, 2.75) is 22.6 Å². The highest BCUT2D eigenvalue weighted by atomic mass is 79.9. The Morgan fingerprint density at radius 3 is 2.42 bits per heavy atom. The normalized spacial score (nSPS) is 20.8. The zero-order valence-electron chi connectivity index (χ0n) is 11.2. The number of anilines is 1. The first-order chi connectivity index (χ1) is 8.91. The summed E-state index contributed by atoms with van der Waals surface area (Å²) in [7, 11) is -0.240. The van der Waals surface area contributed by atoms with Crippen LogP contribution < -0.4 is 4.90 Å². The van der Waals surface area contributed by atoms with Crippen molar-refractivity contribution >= 4 is 31.6 Å². The van der Waals surface area contributed by atoms with Gasteiger partial charge in [-0.15, -0.1) is 0 Å². The van der Waals surface area contributed by atoms with Gasteiger partial charge in [0.05, 0.1) is 4.90 Å². The first kappa shape index (κ1) is 14.8. The highest BCUT2D eigenvalue weighted by molar-refractivity contribution is 9.09. The van der Waals surface area contributed by atoms with Crippen LogP contribution in [0, 0.1) is 0 Å². The van der Waals surface area contributed by atoms with Crippen molar-refractivity contribution in [3.63, 3.8) is 0 Å². The number of benzene rings is 1. The van der Waals surface area contributed by atoms with Crippen LogP contribution in [0.4, 0.5) is 5.69 Å². The molecule has 1 fully saturated rings. The Kier molecular flexibility index (Phi) is 4.53. The standard InChI is InChI=1S/C13H19BrN2O2S/c1-15(2)19(17,18)13-7-5-12(6-8-13)16-9-3-4-11(14)10-16/h5-8,11H,3-4,9-10H2,1-2H3. The molecule has 0 spiro atoms. The molecule has 0 aliphatic carbocycles. The Morgan fingerprint density at radius 1 is 1.26 bits per heavy atom. The SMILES string of the molecule is CN(C)S(=O)(=O)c1ccc(N2CCCC(Br)C2)cc1. The number of piperidine rings is 1. The number of alkyl halides is 1. The Labute approximate surface area is 123 Å². The molecule has 4 nitrogen and oxygen atoms in total. The van der Waals surface area contributed by atoms with Crippen LogP contribution in [0.3, 0.4) is 0 Å². The smallest absolute Gasteiger partial charge is 0.242 e. The average Bonchev–Trinajstić information content (AvgIpc) is 2.38. The zero-order valence-corrected chi connectivity index (χ0v) is 13.6. The van der Waals surface area contributed by atoms with Crippen LogP contribution in [0.15, 0.2) is 29.2 Å². The molecule has 19 heavy (non-hydrogen) atoms. The molecule has 0 bridgehead atoms. The number of nitrogens with zero attached hydrogens (tertiary/aromatic N) is 2. The highest BCUT2D eigenvalue weighted by Crippen LogP contribution is 2.25. The van der Waals surface area contributed by atoms with E-state index >= 15 is 0 Å². The van der Waals surface area contributed by atoms with Crippen molar-refractivity contribution in [2.75, 3.05) is 32.1 Å². The molecule has 1 aromatic carbocycles. The van der Waals surface area contributed by atoms with Crippen molar-refractivity contribution in [1.82, 2.24) is 4.31 Å². The van der Waals surface area contributed by atoms with E-state index < -0.39 is 10.0 Å². The van der Waals surface area contributed by atoms with Gasteiger partial charge in [-0.1, -0.05) is 15.9 Å². The molecule has 0 saturated carbocycles. The van der Waals surface area contributed by atoms with Crippen LogP contribution in [0.2, 0.25) is 0 Å². The maximum Gasteiger partial charge on any atom is 0.242 e. The van der Waals surface area contributed by atoms with Crippen molar-refractivity contribution in [3.05, 3.63) is 24.3 Å². The second kappa shape index (κ2) is 5.81. The van der Waals surface area contributed by atoms with E-state index in [1.54, 1.807) is 26.2 Å². The van der Waals surface area contributed by atoms with Crippen LogP contribution in [0.25, 0.3) is 0 Å². The molecule has 2 rings (SSSR count). The van der Waals surface area contributed by atoms with Gasteiger partial charge in [0.15, 0.2) is 0 Å². The molecular formula is C13H19BrN2O2S. The second-order valence-corrected chi connectivity index (χ2v) is 8.41. The van der Waals surface area contributed by atoms with E-state index in [1.165, 1.54) is 10.7 Å².